The van der Waals surface area contributed by atoms with Gasteiger partial charge in [-0.2, -0.15) is 0 Å². The lowest BCUT2D eigenvalue weighted by molar-refractivity contribution is -0.0335. The van der Waals surface area contributed by atoms with Crippen LogP contribution in [0.3, 0.4) is 0 Å². The number of hydrogen-bond acceptors (Lipinski definition) is 3. The van der Waals surface area contributed by atoms with Crippen molar-refractivity contribution in [3.63, 3.8) is 0 Å². The van der Waals surface area contributed by atoms with Crippen LogP contribution in [-0.2, 0) is 11.3 Å². The summed E-state index contributed by atoms with van der Waals surface area (Å²) in [6, 6.07) is 4.05. The molecule has 0 radical (unpaired) electrons. The van der Waals surface area contributed by atoms with E-state index in [4.69, 9.17) is 4.74 Å². The molecule has 2 atom stereocenters. The molecule has 0 bridgehead atoms. The van der Waals surface area contributed by atoms with Crippen molar-refractivity contribution in [2.24, 2.45) is 5.92 Å². The van der Waals surface area contributed by atoms with Crippen molar-refractivity contribution in [3.05, 3.63) is 30.1 Å². The molecule has 1 aliphatic rings. The van der Waals surface area contributed by atoms with Gasteiger partial charge in [-0.25, -0.2) is 4.79 Å². The Morgan fingerprint density at radius 2 is 2.26 bits per heavy atom. The quantitative estimate of drug-likeness (QED) is 0.876. The maximum Gasteiger partial charge on any atom is 0.317 e. The summed E-state index contributed by atoms with van der Waals surface area (Å²) < 4.78 is 5.92. The van der Waals surface area contributed by atoms with Gasteiger partial charge in [-0.05, 0) is 30.4 Å². The van der Waals surface area contributed by atoms with E-state index in [2.05, 4.69) is 24.1 Å². The third-order valence-corrected chi connectivity index (χ3v) is 4.71. The molecule has 1 N–H and O–H groups in total. The van der Waals surface area contributed by atoms with E-state index < -0.39 is 0 Å². The van der Waals surface area contributed by atoms with Crippen LogP contribution < -0.4 is 5.32 Å². The SMILES string of the molecule is CCC(CC)C1CC(NC(=O)N(C)Cc2cccnc2)CCO1. The summed E-state index contributed by atoms with van der Waals surface area (Å²) in [6.45, 7) is 5.72. The molecular weight excluding hydrogens is 290 g/mol. The van der Waals surface area contributed by atoms with Crippen LogP contribution in [0.25, 0.3) is 0 Å². The molecule has 0 aromatic carbocycles. The number of aromatic nitrogens is 1. The highest BCUT2D eigenvalue weighted by molar-refractivity contribution is 5.74. The Morgan fingerprint density at radius 1 is 1.48 bits per heavy atom. The summed E-state index contributed by atoms with van der Waals surface area (Å²) in [7, 11) is 1.82. The fourth-order valence-corrected chi connectivity index (χ4v) is 3.22. The van der Waals surface area contributed by atoms with E-state index in [1.807, 2.05) is 19.2 Å². The number of ether oxygens (including phenoxy) is 1. The van der Waals surface area contributed by atoms with Gasteiger partial charge in [-0.3, -0.25) is 4.98 Å². The molecule has 0 spiro atoms. The zero-order valence-corrected chi connectivity index (χ0v) is 14.5. The highest BCUT2D eigenvalue weighted by atomic mass is 16.5. The summed E-state index contributed by atoms with van der Waals surface area (Å²) in [5, 5.41) is 3.16. The summed E-state index contributed by atoms with van der Waals surface area (Å²) >= 11 is 0. The molecule has 0 aliphatic carbocycles. The highest BCUT2D eigenvalue weighted by Crippen LogP contribution is 2.25. The first-order valence-electron chi connectivity index (χ1n) is 8.66. The topological polar surface area (TPSA) is 54.5 Å². The van der Waals surface area contributed by atoms with Gasteiger partial charge in [0.15, 0.2) is 0 Å². The predicted molar refractivity (Wildman–Crippen MR) is 91.1 cm³/mol. The number of pyridine rings is 1. The average molecular weight is 319 g/mol. The Balaban J connectivity index is 1.84. The normalized spacial score (nSPS) is 21.2. The second kappa shape index (κ2) is 8.87. The van der Waals surface area contributed by atoms with Gasteiger partial charge < -0.3 is 15.0 Å². The first-order valence-corrected chi connectivity index (χ1v) is 8.66. The van der Waals surface area contributed by atoms with Gasteiger partial charge in [0.2, 0.25) is 0 Å². The fourth-order valence-electron chi connectivity index (χ4n) is 3.22. The molecule has 1 aromatic heterocycles. The number of nitrogens with zero attached hydrogens (tertiary/aromatic N) is 2. The van der Waals surface area contributed by atoms with Crippen LogP contribution in [0, 0.1) is 5.92 Å². The number of carbonyl (C=O) groups excluding carboxylic acids is 1. The second-order valence-electron chi connectivity index (χ2n) is 6.37. The average Bonchev–Trinajstić information content (AvgIpc) is 2.57. The van der Waals surface area contributed by atoms with E-state index in [0.717, 1.165) is 37.9 Å². The highest BCUT2D eigenvalue weighted by Gasteiger charge is 2.28. The van der Waals surface area contributed by atoms with Gasteiger partial charge in [-0.15, -0.1) is 0 Å². The lowest BCUT2D eigenvalue weighted by Crippen LogP contribution is -2.47. The maximum absolute atomic E-state index is 12.4. The van der Waals surface area contributed by atoms with Crippen LogP contribution in [0.1, 0.15) is 45.1 Å². The zero-order valence-electron chi connectivity index (χ0n) is 14.5. The molecule has 23 heavy (non-hydrogen) atoms. The van der Waals surface area contributed by atoms with Crippen molar-refractivity contribution in [3.8, 4) is 0 Å². The van der Waals surface area contributed by atoms with E-state index in [1.54, 1.807) is 17.3 Å². The van der Waals surface area contributed by atoms with Crippen LogP contribution in [0.5, 0.6) is 0 Å². The Labute approximate surface area is 139 Å². The number of hydrogen-bond donors (Lipinski definition) is 1. The third kappa shape index (κ3) is 5.20. The lowest BCUT2D eigenvalue weighted by atomic mass is 9.89. The molecule has 2 amide bonds. The van der Waals surface area contributed by atoms with Crippen molar-refractivity contribution < 1.29 is 9.53 Å². The number of carbonyl (C=O) groups is 1. The second-order valence-corrected chi connectivity index (χ2v) is 6.37. The van der Waals surface area contributed by atoms with E-state index in [-0.39, 0.29) is 18.2 Å². The van der Waals surface area contributed by atoms with Gasteiger partial charge in [0.05, 0.1) is 6.10 Å². The Hall–Kier alpha value is -1.62. The van der Waals surface area contributed by atoms with E-state index in [0.29, 0.717) is 12.5 Å². The standard InChI is InChI=1S/C18H29N3O2/c1-4-15(5-2)17-11-16(8-10-23-17)20-18(22)21(3)13-14-7-6-9-19-12-14/h6-7,9,12,15-17H,4-5,8,10-11,13H2,1-3H3,(H,20,22). The fraction of sp³-hybridized carbons (Fsp3) is 0.667. The minimum Gasteiger partial charge on any atom is -0.378 e. The number of amides is 2. The summed E-state index contributed by atoms with van der Waals surface area (Å²) in [5.41, 5.74) is 1.03. The number of urea groups is 1. The van der Waals surface area contributed by atoms with Gasteiger partial charge in [0, 0.05) is 38.6 Å². The Bertz CT molecular complexity index is 476. The molecule has 2 unspecified atom stereocenters. The molecule has 1 saturated heterocycles. The van der Waals surface area contributed by atoms with Crippen LogP contribution >= 0.6 is 0 Å². The van der Waals surface area contributed by atoms with Crippen LogP contribution in [0.15, 0.2) is 24.5 Å². The third-order valence-electron chi connectivity index (χ3n) is 4.71. The molecule has 1 fully saturated rings. The summed E-state index contributed by atoms with van der Waals surface area (Å²) in [5.74, 6) is 0.586. The summed E-state index contributed by atoms with van der Waals surface area (Å²) in [6.07, 6.45) is 7.87. The maximum atomic E-state index is 12.4. The van der Waals surface area contributed by atoms with Crippen molar-refractivity contribution in [2.75, 3.05) is 13.7 Å². The molecular formula is C18H29N3O2. The molecule has 0 saturated carbocycles. The lowest BCUT2D eigenvalue weighted by Gasteiger charge is -2.35. The van der Waals surface area contributed by atoms with Crippen molar-refractivity contribution in [1.82, 2.24) is 15.2 Å². The van der Waals surface area contributed by atoms with Crippen LogP contribution in [0.2, 0.25) is 0 Å². The van der Waals surface area contributed by atoms with E-state index in [9.17, 15) is 4.79 Å². The predicted octanol–water partition coefficient (Wildman–Crippen LogP) is 3.21. The summed E-state index contributed by atoms with van der Waals surface area (Å²) in [4.78, 5) is 18.2. The Kier molecular flexibility index (Phi) is 6.84. The zero-order chi connectivity index (χ0) is 16.7. The van der Waals surface area contributed by atoms with Gasteiger partial charge >= 0.3 is 6.03 Å². The molecule has 5 heteroatoms. The van der Waals surface area contributed by atoms with Crippen molar-refractivity contribution in [1.29, 1.82) is 0 Å². The smallest absolute Gasteiger partial charge is 0.317 e. The first kappa shape index (κ1) is 17.7. The van der Waals surface area contributed by atoms with Gasteiger partial charge in [-0.1, -0.05) is 32.8 Å². The van der Waals surface area contributed by atoms with Crippen molar-refractivity contribution >= 4 is 6.03 Å². The number of rotatable bonds is 6. The minimum absolute atomic E-state index is 0.0240. The van der Waals surface area contributed by atoms with E-state index >= 15 is 0 Å². The molecule has 2 heterocycles. The van der Waals surface area contributed by atoms with Crippen LogP contribution in [-0.4, -0.2) is 41.7 Å². The molecule has 5 nitrogen and oxygen atoms in total. The molecule has 1 aliphatic heterocycles. The van der Waals surface area contributed by atoms with Crippen molar-refractivity contribution in [2.45, 2.75) is 58.2 Å². The van der Waals surface area contributed by atoms with Gasteiger partial charge in [0.1, 0.15) is 0 Å². The molecule has 128 valence electrons. The minimum atomic E-state index is -0.0240. The number of nitrogens with one attached hydrogen (secondary N) is 1. The molecule has 1 aromatic rings. The first-order chi connectivity index (χ1) is 11.1. The van der Waals surface area contributed by atoms with E-state index in [1.165, 1.54) is 0 Å². The molecule has 2 rings (SSSR count). The van der Waals surface area contributed by atoms with Gasteiger partial charge in [0.25, 0.3) is 0 Å². The largest absolute Gasteiger partial charge is 0.378 e. The Morgan fingerprint density at radius 3 is 2.91 bits per heavy atom. The monoisotopic (exact) mass is 319 g/mol. The van der Waals surface area contributed by atoms with Crippen LogP contribution in [0.4, 0.5) is 4.79 Å².